The summed E-state index contributed by atoms with van der Waals surface area (Å²) < 4.78 is 6.27. The van der Waals surface area contributed by atoms with Gasteiger partial charge in [0.15, 0.2) is 0 Å². The van der Waals surface area contributed by atoms with Crippen molar-refractivity contribution < 1.29 is 9.84 Å². The molecule has 1 unspecified atom stereocenters. The highest BCUT2D eigenvalue weighted by atomic mass is 16.5. The van der Waals surface area contributed by atoms with Crippen LogP contribution in [0.2, 0.25) is 0 Å². The lowest BCUT2D eigenvalue weighted by atomic mass is 9.81. The molecule has 2 aliphatic heterocycles. The Morgan fingerprint density at radius 1 is 1.22 bits per heavy atom. The number of aliphatic hydroxyl groups is 1. The predicted molar refractivity (Wildman–Crippen MR) is 71.0 cm³/mol. The van der Waals surface area contributed by atoms with E-state index in [1.165, 1.54) is 11.1 Å². The number of ether oxygens (including phenoxy) is 1. The molecule has 3 rings (SSSR count). The number of hydrogen-bond acceptors (Lipinski definition) is 3. The highest BCUT2D eigenvalue weighted by molar-refractivity contribution is 5.45. The van der Waals surface area contributed by atoms with Gasteiger partial charge < -0.3 is 15.2 Å². The second-order valence-electron chi connectivity index (χ2n) is 5.73. The zero-order valence-corrected chi connectivity index (χ0v) is 11.1. The third kappa shape index (κ3) is 1.91. The summed E-state index contributed by atoms with van der Waals surface area (Å²) in [5, 5.41) is 13.7. The van der Waals surface area contributed by atoms with Crippen molar-refractivity contribution in [1.29, 1.82) is 0 Å². The number of hydrogen-bond donors (Lipinski definition) is 2. The zero-order valence-electron chi connectivity index (χ0n) is 11.1. The van der Waals surface area contributed by atoms with Gasteiger partial charge in [-0.3, -0.25) is 0 Å². The molecular weight excluding hydrogens is 226 g/mol. The van der Waals surface area contributed by atoms with Gasteiger partial charge in [0.05, 0.1) is 6.10 Å². The second kappa shape index (κ2) is 4.25. The van der Waals surface area contributed by atoms with E-state index in [1.807, 2.05) is 0 Å². The summed E-state index contributed by atoms with van der Waals surface area (Å²) in [6.07, 6.45) is 2.31. The first-order valence-electron chi connectivity index (χ1n) is 6.79. The lowest BCUT2D eigenvalue weighted by molar-refractivity contribution is -0.0337. The topological polar surface area (TPSA) is 41.5 Å². The van der Waals surface area contributed by atoms with E-state index in [4.69, 9.17) is 4.74 Å². The standard InChI is InChI=1S/C15H21NO2/c1-10-7-12-13(17)9-15(3-5-16-6-4-15)18-14(12)8-11(10)2/h7-8,13,16-17H,3-6,9H2,1-2H3. The lowest BCUT2D eigenvalue weighted by Gasteiger charge is -2.43. The number of nitrogens with one attached hydrogen (secondary N) is 1. The fourth-order valence-corrected chi connectivity index (χ4v) is 3.09. The molecule has 3 nitrogen and oxygen atoms in total. The minimum atomic E-state index is -0.383. The van der Waals surface area contributed by atoms with Crippen molar-refractivity contribution in [3.63, 3.8) is 0 Å². The molecule has 0 aliphatic carbocycles. The summed E-state index contributed by atoms with van der Waals surface area (Å²) >= 11 is 0. The summed E-state index contributed by atoms with van der Waals surface area (Å²) in [5.41, 5.74) is 3.26. The largest absolute Gasteiger partial charge is 0.487 e. The van der Waals surface area contributed by atoms with Gasteiger partial charge in [0.2, 0.25) is 0 Å². The molecule has 1 atom stereocenters. The molecule has 0 amide bonds. The number of rotatable bonds is 0. The molecular formula is C15H21NO2. The molecule has 3 heteroatoms. The maximum atomic E-state index is 10.4. The summed E-state index contributed by atoms with van der Waals surface area (Å²) in [5.74, 6) is 0.888. The van der Waals surface area contributed by atoms with Crippen molar-refractivity contribution >= 4 is 0 Å². The van der Waals surface area contributed by atoms with Crippen LogP contribution in [0.4, 0.5) is 0 Å². The maximum absolute atomic E-state index is 10.4. The van der Waals surface area contributed by atoms with Gasteiger partial charge in [-0.2, -0.15) is 0 Å². The number of aryl methyl sites for hydroxylation is 2. The Kier molecular flexibility index (Phi) is 2.83. The van der Waals surface area contributed by atoms with Crippen molar-refractivity contribution in [3.8, 4) is 5.75 Å². The third-order valence-electron chi connectivity index (χ3n) is 4.39. The van der Waals surface area contributed by atoms with E-state index in [1.54, 1.807) is 0 Å². The second-order valence-corrected chi connectivity index (χ2v) is 5.73. The van der Waals surface area contributed by atoms with Crippen molar-refractivity contribution in [2.75, 3.05) is 13.1 Å². The van der Waals surface area contributed by atoms with Crippen LogP contribution in [0.3, 0.4) is 0 Å². The minimum Gasteiger partial charge on any atom is -0.487 e. The van der Waals surface area contributed by atoms with Gasteiger partial charge in [0.1, 0.15) is 11.4 Å². The highest BCUT2D eigenvalue weighted by Crippen LogP contribution is 2.44. The van der Waals surface area contributed by atoms with Crippen LogP contribution in [-0.2, 0) is 0 Å². The molecule has 1 spiro atoms. The van der Waals surface area contributed by atoms with E-state index in [0.717, 1.165) is 43.7 Å². The van der Waals surface area contributed by atoms with Gasteiger partial charge in [-0.05, 0) is 63.0 Å². The van der Waals surface area contributed by atoms with Crippen LogP contribution < -0.4 is 10.1 Å². The summed E-state index contributed by atoms with van der Waals surface area (Å²) in [7, 11) is 0. The van der Waals surface area contributed by atoms with E-state index >= 15 is 0 Å². The Morgan fingerprint density at radius 2 is 1.89 bits per heavy atom. The van der Waals surface area contributed by atoms with Crippen LogP contribution in [0, 0.1) is 13.8 Å². The van der Waals surface area contributed by atoms with Crippen LogP contribution in [-0.4, -0.2) is 23.8 Å². The average Bonchev–Trinajstić information content (AvgIpc) is 2.33. The molecule has 0 radical (unpaired) electrons. The number of benzene rings is 1. The van der Waals surface area contributed by atoms with Crippen molar-refractivity contribution in [2.45, 2.75) is 44.8 Å². The summed E-state index contributed by atoms with van der Waals surface area (Å²) in [6.45, 7) is 6.13. The van der Waals surface area contributed by atoms with Gasteiger partial charge in [-0.1, -0.05) is 0 Å². The summed E-state index contributed by atoms with van der Waals surface area (Å²) in [6, 6.07) is 4.15. The number of piperidine rings is 1. The van der Waals surface area contributed by atoms with Crippen molar-refractivity contribution in [2.24, 2.45) is 0 Å². The predicted octanol–water partition coefficient (Wildman–Crippen LogP) is 2.24. The van der Waals surface area contributed by atoms with E-state index in [9.17, 15) is 5.11 Å². The van der Waals surface area contributed by atoms with E-state index < -0.39 is 0 Å². The average molecular weight is 247 g/mol. The van der Waals surface area contributed by atoms with Crippen LogP contribution in [0.15, 0.2) is 12.1 Å². The van der Waals surface area contributed by atoms with Gasteiger partial charge in [-0.15, -0.1) is 0 Å². The Bertz CT molecular complexity index is 464. The first kappa shape index (κ1) is 12.0. The van der Waals surface area contributed by atoms with Gasteiger partial charge in [0.25, 0.3) is 0 Å². The van der Waals surface area contributed by atoms with Crippen LogP contribution in [0.1, 0.15) is 42.1 Å². The molecule has 2 heterocycles. The molecule has 1 aromatic rings. The van der Waals surface area contributed by atoms with Crippen molar-refractivity contribution in [3.05, 3.63) is 28.8 Å². The quantitative estimate of drug-likeness (QED) is 0.739. The SMILES string of the molecule is Cc1cc2c(cc1C)C(O)CC1(CCNCC1)O2. The first-order valence-corrected chi connectivity index (χ1v) is 6.79. The molecule has 2 aliphatic rings. The molecule has 1 saturated heterocycles. The molecule has 0 saturated carbocycles. The van der Waals surface area contributed by atoms with Gasteiger partial charge >= 0.3 is 0 Å². The highest BCUT2D eigenvalue weighted by Gasteiger charge is 2.41. The minimum absolute atomic E-state index is 0.153. The fraction of sp³-hybridized carbons (Fsp3) is 0.600. The Labute approximate surface area is 108 Å². The Morgan fingerprint density at radius 3 is 2.61 bits per heavy atom. The van der Waals surface area contributed by atoms with Gasteiger partial charge in [-0.25, -0.2) is 0 Å². The Hall–Kier alpha value is -1.06. The van der Waals surface area contributed by atoms with Crippen LogP contribution in [0.5, 0.6) is 5.75 Å². The maximum Gasteiger partial charge on any atom is 0.126 e. The van der Waals surface area contributed by atoms with Crippen molar-refractivity contribution in [1.82, 2.24) is 5.32 Å². The molecule has 1 aromatic carbocycles. The molecule has 0 aromatic heterocycles. The molecule has 0 bridgehead atoms. The smallest absolute Gasteiger partial charge is 0.126 e. The normalized spacial score (nSPS) is 25.6. The molecule has 2 N–H and O–H groups in total. The monoisotopic (exact) mass is 247 g/mol. The number of fused-ring (bicyclic) bond motifs is 1. The molecule has 18 heavy (non-hydrogen) atoms. The van der Waals surface area contributed by atoms with E-state index in [2.05, 4.69) is 31.3 Å². The third-order valence-corrected chi connectivity index (χ3v) is 4.39. The first-order chi connectivity index (χ1) is 8.60. The fourth-order valence-electron chi connectivity index (χ4n) is 3.09. The van der Waals surface area contributed by atoms with E-state index in [-0.39, 0.29) is 11.7 Å². The van der Waals surface area contributed by atoms with E-state index in [0.29, 0.717) is 0 Å². The summed E-state index contributed by atoms with van der Waals surface area (Å²) in [4.78, 5) is 0. The lowest BCUT2D eigenvalue weighted by Crippen LogP contribution is -2.49. The molecule has 98 valence electrons. The number of aliphatic hydroxyl groups excluding tert-OH is 1. The van der Waals surface area contributed by atoms with Crippen LogP contribution in [0.25, 0.3) is 0 Å². The van der Waals surface area contributed by atoms with Gasteiger partial charge in [0, 0.05) is 12.0 Å². The zero-order chi connectivity index (χ0) is 12.8. The molecule has 1 fully saturated rings. The van der Waals surface area contributed by atoms with Crippen LogP contribution >= 0.6 is 0 Å². The Balaban J connectivity index is 1.98.